The summed E-state index contributed by atoms with van der Waals surface area (Å²) in [6.07, 6.45) is 1.89. The molecule has 2 aromatic heterocycles. The molecule has 3 rings (SSSR count). The predicted octanol–water partition coefficient (Wildman–Crippen LogP) is 2.99. The van der Waals surface area contributed by atoms with Crippen molar-refractivity contribution in [2.75, 3.05) is 12.3 Å². The molecule has 0 bridgehead atoms. The van der Waals surface area contributed by atoms with Crippen LogP contribution < -0.4 is 5.73 Å². The van der Waals surface area contributed by atoms with E-state index in [1.165, 1.54) is 0 Å². The van der Waals surface area contributed by atoms with Crippen molar-refractivity contribution in [3.8, 4) is 11.1 Å². The molecule has 0 spiro atoms. The number of nitrogens with two attached hydrogens (primary N) is 1. The number of fused-ring (bicyclic) bond motifs is 1. The van der Waals surface area contributed by atoms with Crippen LogP contribution in [0.2, 0.25) is 0 Å². The van der Waals surface area contributed by atoms with Crippen LogP contribution in [0, 0.1) is 0 Å². The zero-order valence-electron chi connectivity index (χ0n) is 11.6. The van der Waals surface area contributed by atoms with E-state index in [1.54, 1.807) is 25.1 Å². The number of esters is 1. The number of carbonyl (C=O) groups is 1. The molecule has 5 heteroatoms. The Morgan fingerprint density at radius 2 is 2.00 bits per heavy atom. The number of ether oxygens (including phenoxy) is 1. The Kier molecular flexibility index (Phi) is 3.31. The molecule has 3 aromatic rings. The smallest absolute Gasteiger partial charge is 0.338 e. The van der Waals surface area contributed by atoms with Crippen LogP contribution in [0.3, 0.4) is 0 Å². The topological polar surface area (TPSA) is 81.0 Å². The normalized spacial score (nSPS) is 10.7. The number of benzene rings is 1. The Labute approximate surface area is 121 Å². The first-order valence-electron chi connectivity index (χ1n) is 6.70. The standard InChI is InChI=1S/C16H15N3O2/c1-2-21-16(20)11-5-3-10(4-6-11)13-9-18-15-12(13)7-8-14(17)19-15/h3-9H,2H2,1H3,(H3,17,18,19). The monoisotopic (exact) mass is 281 g/mol. The van der Waals surface area contributed by atoms with Gasteiger partial charge in [0.25, 0.3) is 0 Å². The highest BCUT2D eigenvalue weighted by atomic mass is 16.5. The number of nitrogens with one attached hydrogen (secondary N) is 1. The van der Waals surface area contributed by atoms with E-state index in [-0.39, 0.29) is 5.97 Å². The van der Waals surface area contributed by atoms with Crippen molar-refractivity contribution in [2.45, 2.75) is 6.92 Å². The van der Waals surface area contributed by atoms with E-state index < -0.39 is 0 Å². The van der Waals surface area contributed by atoms with Crippen LogP contribution in [-0.4, -0.2) is 22.5 Å². The van der Waals surface area contributed by atoms with Gasteiger partial charge in [-0.2, -0.15) is 0 Å². The van der Waals surface area contributed by atoms with Crippen molar-refractivity contribution < 1.29 is 9.53 Å². The summed E-state index contributed by atoms with van der Waals surface area (Å²) in [6.45, 7) is 2.16. The van der Waals surface area contributed by atoms with Gasteiger partial charge < -0.3 is 15.5 Å². The molecule has 0 aliphatic carbocycles. The molecule has 0 aliphatic rings. The number of H-pyrrole nitrogens is 1. The Bertz CT molecular complexity index is 791. The van der Waals surface area contributed by atoms with E-state index in [1.807, 2.05) is 24.4 Å². The molecule has 2 heterocycles. The molecular weight excluding hydrogens is 266 g/mol. The largest absolute Gasteiger partial charge is 0.462 e. The van der Waals surface area contributed by atoms with Gasteiger partial charge >= 0.3 is 5.97 Å². The minimum atomic E-state index is -0.308. The van der Waals surface area contributed by atoms with Crippen molar-refractivity contribution in [3.05, 3.63) is 48.2 Å². The molecule has 1 aromatic carbocycles. The lowest BCUT2D eigenvalue weighted by molar-refractivity contribution is 0.0526. The maximum Gasteiger partial charge on any atom is 0.338 e. The number of aromatic amines is 1. The van der Waals surface area contributed by atoms with Crippen LogP contribution in [-0.2, 0) is 4.74 Å². The number of rotatable bonds is 3. The molecule has 0 aliphatic heterocycles. The van der Waals surface area contributed by atoms with Gasteiger partial charge in [-0.1, -0.05) is 12.1 Å². The Hall–Kier alpha value is -2.82. The van der Waals surface area contributed by atoms with Crippen LogP contribution in [0.4, 0.5) is 5.82 Å². The second-order valence-corrected chi connectivity index (χ2v) is 4.63. The fourth-order valence-electron chi connectivity index (χ4n) is 2.26. The van der Waals surface area contributed by atoms with Gasteiger partial charge in [0.2, 0.25) is 0 Å². The van der Waals surface area contributed by atoms with Crippen LogP contribution in [0.25, 0.3) is 22.2 Å². The second kappa shape index (κ2) is 5.28. The van der Waals surface area contributed by atoms with Gasteiger partial charge in [0.05, 0.1) is 12.2 Å². The summed E-state index contributed by atoms with van der Waals surface area (Å²) in [4.78, 5) is 19.0. The molecule has 0 unspecified atom stereocenters. The van der Waals surface area contributed by atoms with Crippen LogP contribution in [0.5, 0.6) is 0 Å². The quantitative estimate of drug-likeness (QED) is 0.723. The summed E-state index contributed by atoms with van der Waals surface area (Å²) in [6, 6.07) is 11.0. The number of nitrogens with zero attached hydrogens (tertiary/aromatic N) is 1. The minimum absolute atomic E-state index is 0.308. The van der Waals surface area contributed by atoms with Crippen molar-refractivity contribution in [1.82, 2.24) is 9.97 Å². The Morgan fingerprint density at radius 1 is 1.24 bits per heavy atom. The van der Waals surface area contributed by atoms with E-state index in [0.29, 0.717) is 18.0 Å². The predicted molar refractivity (Wildman–Crippen MR) is 81.9 cm³/mol. The summed E-state index contributed by atoms with van der Waals surface area (Å²) in [7, 11) is 0. The average molecular weight is 281 g/mol. The lowest BCUT2D eigenvalue weighted by Crippen LogP contribution is -2.03. The Morgan fingerprint density at radius 3 is 2.71 bits per heavy atom. The van der Waals surface area contributed by atoms with E-state index in [2.05, 4.69) is 9.97 Å². The lowest BCUT2D eigenvalue weighted by atomic mass is 10.0. The van der Waals surface area contributed by atoms with Crippen LogP contribution in [0.15, 0.2) is 42.6 Å². The molecule has 3 N–H and O–H groups in total. The molecule has 0 atom stereocenters. The molecular formula is C16H15N3O2. The maximum atomic E-state index is 11.6. The summed E-state index contributed by atoms with van der Waals surface area (Å²) >= 11 is 0. The summed E-state index contributed by atoms with van der Waals surface area (Å²) < 4.78 is 4.97. The van der Waals surface area contributed by atoms with E-state index >= 15 is 0 Å². The molecule has 5 nitrogen and oxygen atoms in total. The van der Waals surface area contributed by atoms with E-state index in [0.717, 1.165) is 22.2 Å². The average Bonchev–Trinajstić information content (AvgIpc) is 2.90. The summed E-state index contributed by atoms with van der Waals surface area (Å²) in [5, 5.41) is 0.994. The number of aromatic nitrogens is 2. The first-order chi connectivity index (χ1) is 10.2. The number of hydrogen-bond donors (Lipinski definition) is 2. The number of pyridine rings is 1. The van der Waals surface area contributed by atoms with Gasteiger partial charge in [0.1, 0.15) is 11.5 Å². The van der Waals surface area contributed by atoms with Gasteiger partial charge in [-0.3, -0.25) is 0 Å². The van der Waals surface area contributed by atoms with Gasteiger partial charge in [-0.25, -0.2) is 9.78 Å². The molecule has 106 valence electrons. The third-order valence-electron chi connectivity index (χ3n) is 3.27. The molecule has 0 fully saturated rings. The molecule has 0 amide bonds. The highest BCUT2D eigenvalue weighted by Gasteiger charge is 2.10. The number of carbonyl (C=O) groups excluding carboxylic acids is 1. The van der Waals surface area contributed by atoms with Gasteiger partial charge in [0.15, 0.2) is 0 Å². The van der Waals surface area contributed by atoms with Crippen molar-refractivity contribution in [1.29, 1.82) is 0 Å². The van der Waals surface area contributed by atoms with Gasteiger partial charge in [-0.15, -0.1) is 0 Å². The number of hydrogen-bond acceptors (Lipinski definition) is 4. The Balaban J connectivity index is 1.97. The summed E-state index contributed by atoms with van der Waals surface area (Å²) in [5.41, 5.74) is 8.99. The second-order valence-electron chi connectivity index (χ2n) is 4.63. The van der Waals surface area contributed by atoms with Gasteiger partial charge in [0, 0.05) is 17.1 Å². The zero-order valence-corrected chi connectivity index (χ0v) is 11.6. The van der Waals surface area contributed by atoms with E-state index in [9.17, 15) is 4.79 Å². The molecule has 0 saturated heterocycles. The van der Waals surface area contributed by atoms with Crippen molar-refractivity contribution >= 4 is 22.8 Å². The van der Waals surface area contributed by atoms with E-state index in [4.69, 9.17) is 10.5 Å². The third-order valence-corrected chi connectivity index (χ3v) is 3.27. The fraction of sp³-hybridized carbons (Fsp3) is 0.125. The lowest BCUT2D eigenvalue weighted by Gasteiger charge is -2.03. The molecule has 21 heavy (non-hydrogen) atoms. The number of nitrogen functional groups attached to an aromatic ring is 1. The number of anilines is 1. The third kappa shape index (κ3) is 2.45. The van der Waals surface area contributed by atoms with Crippen LogP contribution in [0.1, 0.15) is 17.3 Å². The highest BCUT2D eigenvalue weighted by molar-refractivity contribution is 5.95. The SMILES string of the molecule is CCOC(=O)c1ccc(-c2c[nH]c3nc(N)ccc23)cc1. The first kappa shape index (κ1) is 13.2. The zero-order chi connectivity index (χ0) is 14.8. The van der Waals surface area contributed by atoms with Gasteiger partial charge in [-0.05, 0) is 36.8 Å². The molecule has 0 radical (unpaired) electrons. The highest BCUT2D eigenvalue weighted by Crippen LogP contribution is 2.28. The molecule has 0 saturated carbocycles. The minimum Gasteiger partial charge on any atom is -0.462 e. The first-order valence-corrected chi connectivity index (χ1v) is 6.70. The summed E-state index contributed by atoms with van der Waals surface area (Å²) in [5.74, 6) is 0.172. The van der Waals surface area contributed by atoms with Crippen molar-refractivity contribution in [3.63, 3.8) is 0 Å². The fourth-order valence-corrected chi connectivity index (χ4v) is 2.26. The van der Waals surface area contributed by atoms with Crippen molar-refractivity contribution in [2.24, 2.45) is 0 Å². The maximum absolute atomic E-state index is 11.6. The van der Waals surface area contributed by atoms with Crippen LogP contribution >= 0.6 is 0 Å².